The van der Waals surface area contributed by atoms with Crippen LogP contribution in [-0.4, -0.2) is 28.0 Å². The molecule has 0 fully saturated rings. The van der Waals surface area contributed by atoms with Gasteiger partial charge in [-0.25, -0.2) is 13.2 Å². The molecular formula is C20H19NO4S2. The van der Waals surface area contributed by atoms with Gasteiger partial charge in [-0.3, -0.25) is 0 Å². The quantitative estimate of drug-likeness (QED) is 0.558. The molecule has 0 bridgehead atoms. The van der Waals surface area contributed by atoms with Gasteiger partial charge in [-0.15, -0.1) is 0 Å². The Hall–Kier alpha value is -2.51. The molecule has 27 heavy (non-hydrogen) atoms. The van der Waals surface area contributed by atoms with Crippen molar-refractivity contribution in [1.29, 1.82) is 0 Å². The molecule has 140 valence electrons. The van der Waals surface area contributed by atoms with Gasteiger partial charge in [-0.05, 0) is 43.3 Å². The van der Waals surface area contributed by atoms with E-state index in [1.165, 1.54) is 30.0 Å². The number of allylic oxidation sites excluding steroid dienone is 2. The first-order chi connectivity index (χ1) is 12.9. The molecule has 5 nitrogen and oxygen atoms in total. The van der Waals surface area contributed by atoms with Crippen LogP contribution >= 0.6 is 11.8 Å². The van der Waals surface area contributed by atoms with Gasteiger partial charge in [0.15, 0.2) is 4.91 Å². The van der Waals surface area contributed by atoms with Gasteiger partial charge in [-0.2, -0.15) is 0 Å². The number of sulfone groups is 1. The number of rotatable bonds is 5. The molecule has 1 aliphatic rings. The van der Waals surface area contributed by atoms with Gasteiger partial charge in [-0.1, -0.05) is 42.1 Å². The summed E-state index contributed by atoms with van der Waals surface area (Å²) in [7, 11) is -2.09. The minimum atomic E-state index is -3.98. The Morgan fingerprint density at radius 3 is 2.44 bits per heavy atom. The molecule has 2 aromatic rings. The second-order valence-electron chi connectivity index (χ2n) is 5.70. The number of carbonyl (C=O) groups excluding carboxylic acids is 1. The molecule has 0 unspecified atom stereocenters. The summed E-state index contributed by atoms with van der Waals surface area (Å²) in [6.45, 7) is 1.73. The molecule has 0 amide bonds. The van der Waals surface area contributed by atoms with Crippen molar-refractivity contribution in [3.63, 3.8) is 0 Å². The zero-order valence-corrected chi connectivity index (χ0v) is 16.6. The Balaban J connectivity index is 2.01. The SMILES string of the molecule is CCOC(=O)/C(=C/C=C1\Sc2ccccc2N1C)S(=O)(=O)c1ccccc1. The van der Waals surface area contributed by atoms with Crippen LogP contribution < -0.4 is 4.90 Å². The molecule has 0 saturated carbocycles. The van der Waals surface area contributed by atoms with Crippen LogP contribution in [0.3, 0.4) is 0 Å². The number of hydrogen-bond acceptors (Lipinski definition) is 6. The molecule has 1 heterocycles. The summed E-state index contributed by atoms with van der Waals surface area (Å²) >= 11 is 1.51. The topological polar surface area (TPSA) is 63.7 Å². The Kier molecular flexibility index (Phi) is 5.72. The van der Waals surface area contributed by atoms with E-state index in [0.29, 0.717) is 0 Å². The number of ether oxygens (including phenoxy) is 1. The number of carbonyl (C=O) groups is 1. The predicted octanol–water partition coefficient (Wildman–Crippen LogP) is 3.99. The highest BCUT2D eigenvalue weighted by Gasteiger charge is 2.28. The molecule has 7 heteroatoms. The number of esters is 1. The highest BCUT2D eigenvalue weighted by molar-refractivity contribution is 8.03. The highest BCUT2D eigenvalue weighted by atomic mass is 32.2. The number of nitrogens with zero attached hydrogens (tertiary/aromatic N) is 1. The van der Waals surface area contributed by atoms with Gasteiger partial charge in [0.25, 0.3) is 0 Å². The predicted molar refractivity (Wildman–Crippen MR) is 107 cm³/mol. The Morgan fingerprint density at radius 1 is 1.11 bits per heavy atom. The summed E-state index contributed by atoms with van der Waals surface area (Å²) < 4.78 is 30.8. The zero-order chi connectivity index (χ0) is 19.4. The lowest BCUT2D eigenvalue weighted by molar-refractivity contribution is -0.137. The van der Waals surface area contributed by atoms with Gasteiger partial charge >= 0.3 is 5.97 Å². The van der Waals surface area contributed by atoms with E-state index in [9.17, 15) is 13.2 Å². The molecule has 0 saturated heterocycles. The first-order valence-corrected chi connectivity index (χ1v) is 10.6. The van der Waals surface area contributed by atoms with Crippen LogP contribution in [0, 0.1) is 0 Å². The summed E-state index contributed by atoms with van der Waals surface area (Å²) in [5, 5.41) is 0.821. The third-order valence-electron chi connectivity index (χ3n) is 3.97. The van der Waals surface area contributed by atoms with Crippen LogP contribution in [0.15, 0.2) is 86.5 Å². The van der Waals surface area contributed by atoms with Crippen LogP contribution in [0.25, 0.3) is 0 Å². The van der Waals surface area contributed by atoms with Crippen LogP contribution in [0.1, 0.15) is 6.92 Å². The Labute approximate surface area is 163 Å². The summed E-state index contributed by atoms with van der Waals surface area (Å²) in [5.41, 5.74) is 1.03. The molecular weight excluding hydrogens is 382 g/mol. The Morgan fingerprint density at radius 2 is 1.78 bits per heavy atom. The van der Waals surface area contributed by atoms with Gasteiger partial charge in [0.2, 0.25) is 9.84 Å². The maximum absolute atomic E-state index is 12.9. The minimum Gasteiger partial charge on any atom is -0.462 e. The lowest BCUT2D eigenvalue weighted by Crippen LogP contribution is -2.17. The van der Waals surface area contributed by atoms with Crippen molar-refractivity contribution in [2.75, 3.05) is 18.6 Å². The maximum Gasteiger partial charge on any atom is 0.350 e. The molecule has 3 rings (SSSR count). The zero-order valence-electron chi connectivity index (χ0n) is 15.0. The first-order valence-electron chi connectivity index (χ1n) is 8.35. The average Bonchev–Trinajstić information content (AvgIpc) is 2.99. The van der Waals surface area contributed by atoms with Crippen molar-refractivity contribution in [3.8, 4) is 0 Å². The molecule has 1 aliphatic heterocycles. The third kappa shape index (κ3) is 3.94. The third-order valence-corrected chi connectivity index (χ3v) is 6.93. The van der Waals surface area contributed by atoms with Crippen LogP contribution in [-0.2, 0) is 19.4 Å². The number of fused-ring (bicyclic) bond motifs is 1. The van der Waals surface area contributed by atoms with Gasteiger partial charge in [0.1, 0.15) is 0 Å². The van der Waals surface area contributed by atoms with Crippen molar-refractivity contribution in [3.05, 3.63) is 76.7 Å². The van der Waals surface area contributed by atoms with Gasteiger partial charge in [0.05, 0.1) is 22.2 Å². The van der Waals surface area contributed by atoms with Crippen LogP contribution in [0.2, 0.25) is 0 Å². The van der Waals surface area contributed by atoms with Crippen molar-refractivity contribution < 1.29 is 17.9 Å². The largest absolute Gasteiger partial charge is 0.462 e. The van der Waals surface area contributed by atoms with Crippen molar-refractivity contribution in [2.45, 2.75) is 16.7 Å². The molecule has 0 spiro atoms. The van der Waals surface area contributed by atoms with Crippen molar-refractivity contribution >= 4 is 33.3 Å². The van der Waals surface area contributed by atoms with Crippen molar-refractivity contribution in [2.24, 2.45) is 0 Å². The van der Waals surface area contributed by atoms with Crippen molar-refractivity contribution in [1.82, 2.24) is 0 Å². The average molecular weight is 402 g/mol. The minimum absolute atomic E-state index is 0.0541. The van der Waals surface area contributed by atoms with E-state index in [1.54, 1.807) is 31.2 Å². The van der Waals surface area contributed by atoms with E-state index in [-0.39, 0.29) is 16.4 Å². The molecule has 0 radical (unpaired) electrons. The molecule has 0 N–H and O–H groups in total. The first kappa shape index (κ1) is 19.3. The second kappa shape index (κ2) is 8.02. The molecule has 0 aliphatic carbocycles. The van der Waals surface area contributed by atoms with E-state index >= 15 is 0 Å². The number of thioether (sulfide) groups is 1. The van der Waals surface area contributed by atoms with E-state index < -0.39 is 15.8 Å². The normalized spacial score (nSPS) is 15.7. The standard InChI is InChI=1S/C20H19NO4S2/c1-3-25-20(22)18(27(23,24)15-9-5-4-6-10-15)13-14-19-21(2)16-11-7-8-12-17(16)26-19/h4-14H,3H2,1-2H3/b18-13-,19-14-. The lowest BCUT2D eigenvalue weighted by atomic mass is 10.3. The molecule has 2 aromatic carbocycles. The fraction of sp³-hybridized carbons (Fsp3) is 0.150. The van der Waals surface area contributed by atoms with E-state index in [2.05, 4.69) is 0 Å². The number of anilines is 1. The van der Waals surface area contributed by atoms with Gasteiger partial charge < -0.3 is 9.64 Å². The molecule has 0 aromatic heterocycles. The molecule has 0 atom stereocenters. The van der Waals surface area contributed by atoms with E-state index in [4.69, 9.17) is 4.74 Å². The smallest absolute Gasteiger partial charge is 0.350 e. The summed E-state index contributed by atoms with van der Waals surface area (Å²) in [4.78, 5) is 15.0. The summed E-state index contributed by atoms with van der Waals surface area (Å²) in [6, 6.07) is 15.7. The van der Waals surface area contributed by atoms with Crippen LogP contribution in [0.5, 0.6) is 0 Å². The highest BCUT2D eigenvalue weighted by Crippen LogP contribution is 2.44. The van der Waals surface area contributed by atoms with Crippen LogP contribution in [0.4, 0.5) is 5.69 Å². The van der Waals surface area contributed by atoms with E-state index in [0.717, 1.165) is 15.6 Å². The fourth-order valence-electron chi connectivity index (χ4n) is 2.61. The Bertz CT molecular complexity index is 1010. The summed E-state index contributed by atoms with van der Waals surface area (Å²) in [5.74, 6) is -0.860. The van der Waals surface area contributed by atoms with Gasteiger partial charge in [0, 0.05) is 11.9 Å². The maximum atomic E-state index is 12.9. The second-order valence-corrected chi connectivity index (χ2v) is 8.68. The number of hydrogen-bond donors (Lipinski definition) is 0. The fourth-order valence-corrected chi connectivity index (χ4v) is 4.96. The summed E-state index contributed by atoms with van der Waals surface area (Å²) in [6.07, 6.45) is 2.96. The van der Waals surface area contributed by atoms with E-state index in [1.807, 2.05) is 36.2 Å². The number of benzene rings is 2. The monoisotopic (exact) mass is 401 g/mol. The number of para-hydroxylation sites is 1. The lowest BCUT2D eigenvalue weighted by Gasteiger charge is -2.13.